The highest BCUT2D eigenvalue weighted by Crippen LogP contribution is 2.07. The highest BCUT2D eigenvalue weighted by atomic mass is 17.0. The number of aldehydes is 1. The van der Waals surface area contributed by atoms with Gasteiger partial charge in [-0.05, 0) is 5.23 Å². The Bertz CT molecular complexity index is 479. The van der Waals surface area contributed by atoms with E-state index in [0.717, 1.165) is 0 Å². The Balaban J connectivity index is 2.17. The summed E-state index contributed by atoms with van der Waals surface area (Å²) in [4.78, 5) is 69.1. The molecule has 1 heterocycles. The van der Waals surface area contributed by atoms with Crippen molar-refractivity contribution in [3.8, 4) is 0 Å². The molecule has 0 saturated carbocycles. The molecule has 1 aliphatic heterocycles. The van der Waals surface area contributed by atoms with Crippen LogP contribution in [0.25, 0.3) is 0 Å². The Labute approximate surface area is 130 Å². The average Bonchev–Trinajstić information content (AvgIpc) is 2.89. The molecule has 0 bridgehead atoms. The van der Waals surface area contributed by atoms with Gasteiger partial charge in [0, 0.05) is 19.9 Å². The summed E-state index contributed by atoms with van der Waals surface area (Å²) >= 11 is 0. The number of hydrogen-bond acceptors (Lipinski definition) is 9. The van der Waals surface area contributed by atoms with Gasteiger partial charge in [-0.15, -0.1) is 0 Å². The molecule has 0 atom stereocenters. The van der Waals surface area contributed by atoms with Gasteiger partial charge in [0.25, 0.3) is 11.8 Å². The lowest BCUT2D eigenvalue weighted by Gasteiger charge is -2.15. The molecule has 0 aliphatic carbocycles. The Kier molecular flexibility index (Phi) is 7.63. The maximum absolute atomic E-state index is 11.4. The van der Waals surface area contributed by atoms with Crippen molar-refractivity contribution in [1.29, 1.82) is 0 Å². The molecule has 1 fully saturated rings. The molecule has 23 heavy (non-hydrogen) atoms. The zero-order valence-electron chi connectivity index (χ0n) is 12.4. The first-order valence-corrected chi connectivity index (χ1v) is 6.59. The van der Waals surface area contributed by atoms with Crippen LogP contribution in [-0.2, 0) is 43.2 Å². The number of nitrogens with zero attached hydrogens (tertiary/aromatic N) is 2. The maximum atomic E-state index is 11.4. The molecular weight excluding hydrogens is 316 g/mol. The van der Waals surface area contributed by atoms with Crippen LogP contribution in [0.4, 0.5) is 0 Å². The van der Waals surface area contributed by atoms with E-state index in [0.29, 0.717) is 16.6 Å². The predicted octanol–water partition coefficient (Wildman–Crippen LogP) is -1.48. The maximum Gasteiger partial charge on any atom is 0.361 e. The lowest BCUT2D eigenvalue weighted by molar-refractivity contribution is -0.304. The van der Waals surface area contributed by atoms with E-state index in [4.69, 9.17) is 9.57 Å². The summed E-state index contributed by atoms with van der Waals surface area (Å²) in [6, 6.07) is 0. The third-order valence-corrected chi connectivity index (χ3v) is 2.42. The fourth-order valence-corrected chi connectivity index (χ4v) is 1.36. The Morgan fingerprint density at radius 3 is 2.61 bits per heavy atom. The number of rotatable bonds is 8. The average molecular weight is 332 g/mol. The van der Waals surface area contributed by atoms with Crippen molar-refractivity contribution >= 4 is 30.0 Å². The summed E-state index contributed by atoms with van der Waals surface area (Å²) in [5.74, 6) is -2.93. The van der Waals surface area contributed by atoms with E-state index in [1.807, 2.05) is 0 Å². The van der Waals surface area contributed by atoms with Crippen LogP contribution in [-0.4, -0.2) is 67.2 Å². The third kappa shape index (κ3) is 6.84. The summed E-state index contributed by atoms with van der Waals surface area (Å²) < 4.78 is 4.73. The molecule has 0 N–H and O–H groups in total. The molecule has 1 aliphatic rings. The highest BCUT2D eigenvalue weighted by molar-refractivity contribution is 5.80. The number of carbonyl (C=O) groups is 5. The van der Waals surface area contributed by atoms with Gasteiger partial charge >= 0.3 is 11.9 Å². The van der Waals surface area contributed by atoms with Crippen LogP contribution < -0.4 is 0 Å². The molecule has 0 aromatic rings. The van der Waals surface area contributed by atoms with Gasteiger partial charge in [0.05, 0.1) is 13.0 Å². The Morgan fingerprint density at radius 1 is 1.30 bits per heavy atom. The predicted molar refractivity (Wildman–Crippen MR) is 68.5 cm³/mol. The van der Waals surface area contributed by atoms with Crippen molar-refractivity contribution in [1.82, 2.24) is 10.3 Å². The third-order valence-electron chi connectivity index (χ3n) is 2.42. The van der Waals surface area contributed by atoms with Crippen LogP contribution in [0.15, 0.2) is 0 Å². The fourth-order valence-electron chi connectivity index (χ4n) is 1.36. The summed E-state index contributed by atoms with van der Waals surface area (Å²) in [6.45, 7) is -1.12. The smallest absolute Gasteiger partial charge is 0.358 e. The number of amides is 2. The van der Waals surface area contributed by atoms with Gasteiger partial charge in [0.15, 0.2) is 0 Å². The molecule has 1 saturated heterocycles. The van der Waals surface area contributed by atoms with Gasteiger partial charge < -0.3 is 19.2 Å². The second-order valence-corrected chi connectivity index (χ2v) is 4.25. The second kappa shape index (κ2) is 9.48. The quantitative estimate of drug-likeness (QED) is 0.386. The SMILES string of the molecule is CN(OC(=O)COCC(=O)ON1OCCC1=O)C(=O)CCC=O. The summed E-state index contributed by atoms with van der Waals surface area (Å²) in [5.41, 5.74) is 0. The summed E-state index contributed by atoms with van der Waals surface area (Å²) in [6.07, 6.45) is 0.590. The number of hydroxylamine groups is 4. The van der Waals surface area contributed by atoms with E-state index in [1.165, 1.54) is 7.05 Å². The zero-order valence-corrected chi connectivity index (χ0v) is 12.4. The molecule has 0 aromatic heterocycles. The standard InChI is InChI=1S/C12H16N2O9/c1-13(9(16)3-2-5-15)22-11(18)7-20-8-12(19)23-14-10(17)4-6-21-14/h5H,2-4,6-8H2,1H3. The fraction of sp³-hybridized carbons (Fsp3) is 0.583. The molecule has 1 rings (SSSR count). The largest absolute Gasteiger partial charge is 0.361 e. The van der Waals surface area contributed by atoms with Crippen LogP contribution in [0, 0.1) is 0 Å². The second-order valence-electron chi connectivity index (χ2n) is 4.25. The van der Waals surface area contributed by atoms with E-state index in [2.05, 4.69) is 9.68 Å². The number of ether oxygens (including phenoxy) is 1. The first kappa shape index (κ1) is 18.5. The minimum atomic E-state index is -0.941. The first-order valence-electron chi connectivity index (χ1n) is 6.59. The van der Waals surface area contributed by atoms with Crippen molar-refractivity contribution in [3.63, 3.8) is 0 Å². The minimum absolute atomic E-state index is 0.0142. The molecule has 0 unspecified atom stereocenters. The molecule has 0 spiro atoms. The molecule has 2 amide bonds. The Morgan fingerprint density at radius 2 is 2.00 bits per heavy atom. The zero-order chi connectivity index (χ0) is 17.2. The van der Waals surface area contributed by atoms with E-state index < -0.39 is 37.0 Å². The van der Waals surface area contributed by atoms with E-state index >= 15 is 0 Å². The molecule has 0 aromatic carbocycles. The van der Waals surface area contributed by atoms with Gasteiger partial charge in [0.2, 0.25) is 0 Å². The highest BCUT2D eigenvalue weighted by Gasteiger charge is 2.26. The van der Waals surface area contributed by atoms with E-state index in [1.54, 1.807) is 0 Å². The van der Waals surface area contributed by atoms with Gasteiger partial charge in [-0.1, -0.05) is 0 Å². The van der Waals surface area contributed by atoms with Gasteiger partial charge in [-0.2, -0.15) is 5.06 Å². The molecule has 11 nitrogen and oxygen atoms in total. The topological polar surface area (TPSA) is 129 Å². The summed E-state index contributed by atoms with van der Waals surface area (Å²) in [5, 5.41) is 1.12. The lowest BCUT2D eigenvalue weighted by Crippen LogP contribution is -2.32. The van der Waals surface area contributed by atoms with Crippen molar-refractivity contribution in [2.45, 2.75) is 19.3 Å². The Hall–Kier alpha value is -2.53. The van der Waals surface area contributed by atoms with Crippen LogP contribution >= 0.6 is 0 Å². The monoisotopic (exact) mass is 332 g/mol. The van der Waals surface area contributed by atoms with Crippen molar-refractivity contribution in [2.75, 3.05) is 26.9 Å². The van der Waals surface area contributed by atoms with Crippen LogP contribution in [0.1, 0.15) is 19.3 Å². The van der Waals surface area contributed by atoms with Crippen LogP contribution in [0.3, 0.4) is 0 Å². The van der Waals surface area contributed by atoms with Crippen LogP contribution in [0.5, 0.6) is 0 Å². The number of carbonyl (C=O) groups excluding carboxylic acids is 5. The summed E-state index contributed by atoms with van der Waals surface area (Å²) in [7, 11) is 1.20. The van der Waals surface area contributed by atoms with Crippen molar-refractivity contribution < 1.29 is 43.2 Å². The van der Waals surface area contributed by atoms with Crippen LogP contribution in [0.2, 0.25) is 0 Å². The molecule has 128 valence electrons. The first-order chi connectivity index (χ1) is 10.9. The van der Waals surface area contributed by atoms with E-state index in [-0.39, 0.29) is 25.9 Å². The van der Waals surface area contributed by atoms with Gasteiger partial charge in [0.1, 0.15) is 19.5 Å². The van der Waals surface area contributed by atoms with Gasteiger partial charge in [-0.3, -0.25) is 9.59 Å². The lowest BCUT2D eigenvalue weighted by atomic mass is 10.3. The normalized spacial score (nSPS) is 13.6. The van der Waals surface area contributed by atoms with Crippen molar-refractivity contribution in [3.05, 3.63) is 0 Å². The minimum Gasteiger partial charge on any atom is -0.358 e. The molecule has 0 radical (unpaired) electrons. The van der Waals surface area contributed by atoms with Crippen molar-refractivity contribution in [2.24, 2.45) is 0 Å². The molecular formula is C12H16N2O9. The van der Waals surface area contributed by atoms with Gasteiger partial charge in [-0.25, -0.2) is 14.4 Å². The number of hydrogen-bond donors (Lipinski definition) is 0. The molecule has 11 heteroatoms. The van der Waals surface area contributed by atoms with E-state index in [9.17, 15) is 24.0 Å².